The van der Waals surface area contributed by atoms with Gasteiger partial charge in [-0.3, -0.25) is 9.59 Å². The zero-order chi connectivity index (χ0) is 33.2. The highest BCUT2D eigenvalue weighted by Gasteiger charge is 2.74. The highest BCUT2D eigenvalue weighted by Crippen LogP contribution is 2.57. The molecule has 1 saturated carbocycles. The van der Waals surface area contributed by atoms with Crippen molar-refractivity contribution in [3.05, 3.63) is 59.4 Å². The number of benzene rings is 2. The second-order valence-corrected chi connectivity index (χ2v) is 13.8. The smallest absolute Gasteiger partial charge is 0.435 e. The van der Waals surface area contributed by atoms with Gasteiger partial charge in [0.1, 0.15) is 16.3 Å². The molecule has 1 N–H and O–H groups in total. The molecule has 2 aromatic rings. The summed E-state index contributed by atoms with van der Waals surface area (Å²) in [6, 6.07) is 4.79. The van der Waals surface area contributed by atoms with Crippen LogP contribution in [0.5, 0.6) is 5.75 Å². The fraction of sp³-hybridized carbons (Fsp3) is 0.517. The number of rotatable bonds is 5. The molecule has 16 heteroatoms. The van der Waals surface area contributed by atoms with Gasteiger partial charge in [0.05, 0.1) is 17.4 Å². The average Bonchev–Trinajstić information content (AvgIpc) is 2.98. The van der Waals surface area contributed by atoms with Crippen molar-refractivity contribution in [3.63, 3.8) is 0 Å². The summed E-state index contributed by atoms with van der Waals surface area (Å²) in [5.74, 6) is -4.97. The highest BCUT2D eigenvalue weighted by molar-refractivity contribution is 7.92. The van der Waals surface area contributed by atoms with Gasteiger partial charge in [-0.2, -0.15) is 26.3 Å². The molecule has 3 aliphatic rings. The Morgan fingerprint density at radius 3 is 2.02 bits per heavy atom. The lowest BCUT2D eigenvalue weighted by atomic mass is 9.76. The molecule has 1 saturated heterocycles. The van der Waals surface area contributed by atoms with Crippen LogP contribution in [0.1, 0.15) is 43.2 Å². The summed E-state index contributed by atoms with van der Waals surface area (Å²) in [6.07, 6.45) is -12.0. The van der Waals surface area contributed by atoms with Gasteiger partial charge in [-0.1, -0.05) is 12.1 Å². The van der Waals surface area contributed by atoms with Crippen LogP contribution in [0.2, 0.25) is 0 Å². The lowest BCUT2D eigenvalue weighted by molar-refractivity contribution is -0.348. The number of carboxylic acid groups (broad SMARTS) is 1. The van der Waals surface area contributed by atoms with E-state index in [4.69, 9.17) is 4.74 Å². The van der Waals surface area contributed by atoms with E-state index in [-0.39, 0.29) is 60.9 Å². The van der Waals surface area contributed by atoms with E-state index in [0.29, 0.717) is 18.9 Å². The SMILES string of the molecule is O=C(O)C1CCC(C(=O)N2CCC3(S(=O)(=O)c4ccc(F)cc4)c4ccc(C(F)(C(F)(F)F)C(F)(F)F)cc4OCC3C2)CC1. The molecule has 2 atom stereocenters. The maximum Gasteiger partial charge on any atom is 0.435 e. The minimum absolute atomic E-state index is 0.187. The number of aliphatic carboxylic acids is 1. The molecule has 7 nitrogen and oxygen atoms in total. The van der Waals surface area contributed by atoms with Crippen LogP contribution in [0, 0.1) is 23.6 Å². The number of alkyl halides is 7. The normalized spacial score (nSPS) is 26.0. The summed E-state index contributed by atoms with van der Waals surface area (Å²) >= 11 is 0. The number of likely N-dealkylation sites (tertiary alicyclic amines) is 1. The van der Waals surface area contributed by atoms with E-state index < -0.39 is 80.1 Å². The number of carboxylic acids is 1. The number of fused-ring (bicyclic) bond motifs is 3. The number of carbonyl (C=O) groups excluding carboxylic acids is 1. The number of hydrogen-bond acceptors (Lipinski definition) is 5. The number of nitrogens with zero attached hydrogens (tertiary/aromatic N) is 1. The fourth-order valence-electron chi connectivity index (χ4n) is 6.80. The molecule has 2 aliphatic heterocycles. The minimum Gasteiger partial charge on any atom is -0.493 e. The van der Waals surface area contributed by atoms with E-state index in [2.05, 4.69) is 0 Å². The first kappa shape index (κ1) is 32.9. The Balaban J connectivity index is 1.57. The number of carbonyl (C=O) groups is 2. The van der Waals surface area contributed by atoms with Crippen LogP contribution in [-0.2, 0) is 29.8 Å². The minimum atomic E-state index is -6.41. The average molecular weight is 670 g/mol. The second-order valence-electron chi connectivity index (χ2n) is 11.6. The first-order valence-corrected chi connectivity index (χ1v) is 15.4. The van der Waals surface area contributed by atoms with Gasteiger partial charge in [-0.15, -0.1) is 0 Å². The summed E-state index contributed by atoms with van der Waals surface area (Å²) < 4.78 is 142. The Kier molecular flexibility index (Phi) is 8.14. The number of hydrogen-bond donors (Lipinski definition) is 1. The summed E-state index contributed by atoms with van der Waals surface area (Å²) in [5, 5.41) is 9.26. The zero-order valence-corrected chi connectivity index (χ0v) is 24.1. The Bertz CT molecular complexity index is 1570. The summed E-state index contributed by atoms with van der Waals surface area (Å²) in [4.78, 5) is 25.8. The van der Waals surface area contributed by atoms with Crippen LogP contribution in [0.3, 0.4) is 0 Å². The van der Waals surface area contributed by atoms with Gasteiger partial charge in [0, 0.05) is 36.1 Å². The molecule has 0 radical (unpaired) electrons. The van der Waals surface area contributed by atoms with E-state index in [0.717, 1.165) is 24.3 Å². The Labute approximate surface area is 252 Å². The van der Waals surface area contributed by atoms with E-state index in [1.165, 1.54) is 4.90 Å². The standard InChI is InChI=1S/C29H27F8NO6S/c30-20-6-8-21(9-7-20)45(42,43)26-11-12-38(24(39)16-1-3-17(4-2-16)25(40)41)14-19(26)15-44-23-13-18(5-10-22(23)26)27(31,28(32,33)34)29(35,36)37/h5-10,13,16-17,19H,1-4,11-12,14-15H2,(H,40,41). The Hall–Kier alpha value is -3.43. The van der Waals surface area contributed by atoms with Crippen molar-refractivity contribution in [2.24, 2.45) is 17.8 Å². The second kappa shape index (κ2) is 11.1. The number of amides is 1. The van der Waals surface area contributed by atoms with Gasteiger partial charge in [-0.25, -0.2) is 17.2 Å². The molecule has 5 rings (SSSR count). The molecule has 1 aliphatic carbocycles. The third-order valence-corrected chi connectivity index (χ3v) is 11.9. The molecule has 2 heterocycles. The molecular formula is C29H27F8NO6S. The maximum atomic E-state index is 14.9. The molecule has 0 spiro atoms. The molecule has 1 amide bonds. The van der Waals surface area contributed by atoms with E-state index in [1.807, 2.05) is 0 Å². The predicted molar refractivity (Wildman–Crippen MR) is 140 cm³/mol. The van der Waals surface area contributed by atoms with Crippen LogP contribution < -0.4 is 4.74 Å². The van der Waals surface area contributed by atoms with Crippen molar-refractivity contribution in [1.82, 2.24) is 4.90 Å². The van der Waals surface area contributed by atoms with E-state index >= 15 is 0 Å². The summed E-state index contributed by atoms with van der Waals surface area (Å²) in [6.45, 7) is -0.977. The topological polar surface area (TPSA) is 101 Å². The summed E-state index contributed by atoms with van der Waals surface area (Å²) in [5.41, 5.74) is -7.94. The van der Waals surface area contributed by atoms with Crippen LogP contribution in [0.15, 0.2) is 47.4 Å². The van der Waals surface area contributed by atoms with Crippen molar-refractivity contribution >= 4 is 21.7 Å². The molecule has 0 bridgehead atoms. The predicted octanol–water partition coefficient (Wildman–Crippen LogP) is 5.92. The Morgan fingerprint density at radius 2 is 1.47 bits per heavy atom. The first-order chi connectivity index (χ1) is 20.8. The van der Waals surface area contributed by atoms with Gasteiger partial charge in [0.25, 0.3) is 0 Å². The van der Waals surface area contributed by atoms with Gasteiger partial charge in [0.2, 0.25) is 5.91 Å². The molecule has 45 heavy (non-hydrogen) atoms. The largest absolute Gasteiger partial charge is 0.493 e. The van der Waals surface area contributed by atoms with Crippen molar-refractivity contribution < 1.29 is 63.0 Å². The Morgan fingerprint density at radius 1 is 0.889 bits per heavy atom. The molecular weight excluding hydrogens is 642 g/mol. The third kappa shape index (κ3) is 5.22. The van der Waals surface area contributed by atoms with Crippen molar-refractivity contribution in [3.8, 4) is 5.75 Å². The summed E-state index contributed by atoms with van der Waals surface area (Å²) in [7, 11) is -4.60. The zero-order valence-electron chi connectivity index (χ0n) is 23.3. The monoisotopic (exact) mass is 669 g/mol. The number of piperidine rings is 1. The lowest BCUT2D eigenvalue weighted by Crippen LogP contribution is -2.59. The first-order valence-electron chi connectivity index (χ1n) is 14.0. The molecule has 246 valence electrons. The number of sulfone groups is 1. The lowest BCUT2D eigenvalue weighted by Gasteiger charge is -2.50. The molecule has 2 aromatic carbocycles. The van der Waals surface area contributed by atoms with Gasteiger partial charge in [-0.05, 0) is 62.4 Å². The van der Waals surface area contributed by atoms with Crippen LogP contribution in [-0.4, -0.2) is 62.3 Å². The van der Waals surface area contributed by atoms with Crippen molar-refractivity contribution in [1.29, 1.82) is 0 Å². The van der Waals surface area contributed by atoms with Gasteiger partial charge < -0.3 is 14.7 Å². The number of ether oxygens (including phenoxy) is 1. The molecule has 2 unspecified atom stereocenters. The number of halogens is 8. The maximum absolute atomic E-state index is 14.9. The van der Waals surface area contributed by atoms with Crippen molar-refractivity contribution in [2.75, 3.05) is 19.7 Å². The fourth-order valence-corrected chi connectivity index (χ4v) is 9.12. The highest BCUT2D eigenvalue weighted by atomic mass is 32.2. The third-order valence-electron chi connectivity index (χ3n) is 9.25. The van der Waals surface area contributed by atoms with Gasteiger partial charge in [0.15, 0.2) is 9.84 Å². The van der Waals surface area contributed by atoms with E-state index in [1.54, 1.807) is 0 Å². The van der Waals surface area contributed by atoms with Crippen molar-refractivity contribution in [2.45, 2.75) is 59.8 Å². The molecule has 2 fully saturated rings. The quantitative estimate of drug-likeness (QED) is 0.314. The van der Waals surface area contributed by atoms with Crippen LogP contribution in [0.4, 0.5) is 35.1 Å². The van der Waals surface area contributed by atoms with Crippen LogP contribution in [0.25, 0.3) is 0 Å². The molecule has 0 aromatic heterocycles. The van der Waals surface area contributed by atoms with E-state index in [9.17, 15) is 58.2 Å². The van der Waals surface area contributed by atoms with Crippen LogP contribution >= 0.6 is 0 Å². The van der Waals surface area contributed by atoms with Gasteiger partial charge >= 0.3 is 24.0 Å².